The minimum absolute atomic E-state index is 0.0313. The Morgan fingerprint density at radius 1 is 1.15 bits per heavy atom. The van der Waals surface area contributed by atoms with E-state index in [1.165, 1.54) is 11.8 Å². The van der Waals surface area contributed by atoms with Gasteiger partial charge in [0.15, 0.2) is 0 Å². The van der Waals surface area contributed by atoms with Crippen LogP contribution in [0.5, 0.6) is 0 Å². The standard InChI is InChI=1S/C18H32N4O4S/c1-12(2)16-18(26)19-8-6-10-22(15(24)11-27-4)9-5-7-14(23)20-13(3)17(25)21-16/h12-13,16H,5-11H2,1-4H3,(H,19,26)(H,20,23)(H,21,25)/t13-,16-/m1/s1. The predicted molar refractivity (Wildman–Crippen MR) is 106 cm³/mol. The van der Waals surface area contributed by atoms with E-state index in [-0.39, 0.29) is 36.0 Å². The first-order valence-corrected chi connectivity index (χ1v) is 10.8. The van der Waals surface area contributed by atoms with E-state index in [9.17, 15) is 19.2 Å². The van der Waals surface area contributed by atoms with Crippen LogP contribution in [0, 0.1) is 5.92 Å². The highest BCUT2D eigenvalue weighted by atomic mass is 32.2. The van der Waals surface area contributed by atoms with Gasteiger partial charge in [-0.2, -0.15) is 11.8 Å². The van der Waals surface area contributed by atoms with Crippen molar-refractivity contribution < 1.29 is 19.2 Å². The third-order valence-electron chi connectivity index (χ3n) is 4.37. The van der Waals surface area contributed by atoms with Crippen LogP contribution >= 0.6 is 11.8 Å². The summed E-state index contributed by atoms with van der Waals surface area (Å²) in [6.45, 7) is 6.73. The molecule has 9 heteroatoms. The van der Waals surface area contributed by atoms with Crippen LogP contribution in [0.4, 0.5) is 0 Å². The van der Waals surface area contributed by atoms with Crippen LogP contribution in [0.15, 0.2) is 0 Å². The monoisotopic (exact) mass is 400 g/mol. The van der Waals surface area contributed by atoms with Gasteiger partial charge in [0.25, 0.3) is 0 Å². The summed E-state index contributed by atoms with van der Waals surface area (Å²) >= 11 is 1.46. The molecule has 0 radical (unpaired) electrons. The van der Waals surface area contributed by atoms with Crippen molar-refractivity contribution in [2.45, 2.75) is 52.1 Å². The van der Waals surface area contributed by atoms with Gasteiger partial charge in [0, 0.05) is 26.1 Å². The van der Waals surface area contributed by atoms with Crippen molar-refractivity contribution in [1.29, 1.82) is 0 Å². The van der Waals surface area contributed by atoms with Crippen molar-refractivity contribution >= 4 is 35.4 Å². The minimum Gasteiger partial charge on any atom is -0.354 e. The molecule has 0 aliphatic carbocycles. The first-order valence-electron chi connectivity index (χ1n) is 9.40. The number of nitrogens with zero attached hydrogens (tertiary/aromatic N) is 1. The summed E-state index contributed by atoms with van der Waals surface area (Å²) in [5, 5.41) is 8.20. The molecule has 0 saturated carbocycles. The molecule has 3 N–H and O–H groups in total. The molecule has 0 aromatic heterocycles. The van der Waals surface area contributed by atoms with Crippen LogP contribution < -0.4 is 16.0 Å². The van der Waals surface area contributed by atoms with Gasteiger partial charge in [-0.25, -0.2) is 0 Å². The van der Waals surface area contributed by atoms with Crippen molar-refractivity contribution in [3.8, 4) is 0 Å². The minimum atomic E-state index is -0.731. The smallest absolute Gasteiger partial charge is 0.242 e. The highest BCUT2D eigenvalue weighted by molar-refractivity contribution is 7.99. The van der Waals surface area contributed by atoms with E-state index in [2.05, 4.69) is 16.0 Å². The number of hydrogen-bond acceptors (Lipinski definition) is 5. The van der Waals surface area contributed by atoms with Gasteiger partial charge in [0.2, 0.25) is 23.6 Å². The van der Waals surface area contributed by atoms with E-state index in [4.69, 9.17) is 0 Å². The fourth-order valence-corrected chi connectivity index (χ4v) is 3.22. The van der Waals surface area contributed by atoms with Gasteiger partial charge in [-0.15, -0.1) is 0 Å². The fourth-order valence-electron chi connectivity index (χ4n) is 2.79. The van der Waals surface area contributed by atoms with Crippen molar-refractivity contribution in [3.63, 3.8) is 0 Å². The third-order valence-corrected chi connectivity index (χ3v) is 4.91. The second-order valence-corrected chi connectivity index (χ2v) is 7.95. The Balaban J connectivity index is 2.86. The van der Waals surface area contributed by atoms with Crippen LogP contribution in [-0.4, -0.2) is 72.3 Å². The first kappa shape index (κ1) is 23.3. The van der Waals surface area contributed by atoms with Crippen LogP contribution in [0.25, 0.3) is 0 Å². The molecular weight excluding hydrogens is 368 g/mol. The molecule has 1 rings (SSSR count). The Kier molecular flexibility index (Phi) is 10.2. The maximum Gasteiger partial charge on any atom is 0.242 e. The van der Waals surface area contributed by atoms with Gasteiger partial charge in [-0.1, -0.05) is 13.8 Å². The lowest BCUT2D eigenvalue weighted by Crippen LogP contribution is -2.54. The molecule has 8 nitrogen and oxygen atoms in total. The van der Waals surface area contributed by atoms with Crippen LogP contribution in [0.3, 0.4) is 0 Å². The lowest BCUT2D eigenvalue weighted by molar-refractivity contribution is -0.132. The number of hydrogen-bond donors (Lipinski definition) is 3. The summed E-state index contributed by atoms with van der Waals surface area (Å²) in [6.07, 6.45) is 3.26. The molecule has 0 unspecified atom stereocenters. The Morgan fingerprint density at radius 2 is 1.81 bits per heavy atom. The summed E-state index contributed by atoms with van der Waals surface area (Å²) in [4.78, 5) is 50.8. The Hall–Kier alpha value is -1.77. The number of carbonyl (C=O) groups excluding carboxylic acids is 4. The molecule has 1 heterocycles. The topological polar surface area (TPSA) is 108 Å². The van der Waals surface area contributed by atoms with Crippen LogP contribution in [0.1, 0.15) is 40.0 Å². The molecule has 1 fully saturated rings. The average molecular weight is 401 g/mol. The summed E-state index contributed by atoms with van der Waals surface area (Å²) in [5.41, 5.74) is 0. The third kappa shape index (κ3) is 8.19. The molecule has 0 aromatic rings. The Bertz CT molecular complexity index is 541. The molecule has 1 aliphatic rings. The lowest BCUT2D eigenvalue weighted by atomic mass is 10.0. The number of carbonyl (C=O) groups is 4. The average Bonchev–Trinajstić information content (AvgIpc) is 2.60. The largest absolute Gasteiger partial charge is 0.354 e. The van der Waals surface area contributed by atoms with Gasteiger partial charge in [0.05, 0.1) is 5.75 Å². The maximum atomic E-state index is 12.4. The molecule has 1 aliphatic heterocycles. The fraction of sp³-hybridized carbons (Fsp3) is 0.778. The summed E-state index contributed by atoms with van der Waals surface area (Å²) < 4.78 is 0. The van der Waals surface area contributed by atoms with Crippen LogP contribution in [-0.2, 0) is 19.2 Å². The predicted octanol–water partition coefficient (Wildman–Crippen LogP) is 0.124. The first-order chi connectivity index (χ1) is 12.8. The molecule has 1 saturated heterocycles. The van der Waals surface area contributed by atoms with E-state index in [1.807, 2.05) is 20.1 Å². The lowest BCUT2D eigenvalue weighted by Gasteiger charge is -2.24. The highest BCUT2D eigenvalue weighted by Gasteiger charge is 2.27. The van der Waals surface area contributed by atoms with Crippen LogP contribution in [0.2, 0.25) is 0 Å². The van der Waals surface area contributed by atoms with E-state index in [0.717, 1.165) is 0 Å². The second kappa shape index (κ2) is 11.8. The zero-order valence-electron chi connectivity index (χ0n) is 16.7. The summed E-state index contributed by atoms with van der Waals surface area (Å²) in [5.74, 6) is -0.549. The van der Waals surface area contributed by atoms with Gasteiger partial charge in [-0.3, -0.25) is 19.2 Å². The summed E-state index contributed by atoms with van der Waals surface area (Å²) in [6, 6.07) is -1.40. The van der Waals surface area contributed by atoms with Crippen molar-refractivity contribution in [2.75, 3.05) is 31.6 Å². The normalized spacial score (nSPS) is 23.7. The van der Waals surface area contributed by atoms with E-state index < -0.39 is 12.1 Å². The molecule has 2 atom stereocenters. The van der Waals surface area contributed by atoms with Crippen molar-refractivity contribution in [3.05, 3.63) is 0 Å². The zero-order chi connectivity index (χ0) is 20.4. The molecule has 0 spiro atoms. The van der Waals surface area contributed by atoms with Crippen molar-refractivity contribution in [1.82, 2.24) is 20.9 Å². The highest BCUT2D eigenvalue weighted by Crippen LogP contribution is 2.05. The number of thioether (sulfide) groups is 1. The Morgan fingerprint density at radius 3 is 2.44 bits per heavy atom. The molecule has 4 amide bonds. The maximum absolute atomic E-state index is 12.4. The zero-order valence-corrected chi connectivity index (χ0v) is 17.5. The van der Waals surface area contributed by atoms with E-state index in [1.54, 1.807) is 11.8 Å². The molecule has 0 aromatic carbocycles. The van der Waals surface area contributed by atoms with Gasteiger partial charge < -0.3 is 20.9 Å². The van der Waals surface area contributed by atoms with E-state index >= 15 is 0 Å². The number of rotatable bonds is 3. The molecule has 0 bridgehead atoms. The van der Waals surface area contributed by atoms with E-state index in [0.29, 0.717) is 38.2 Å². The van der Waals surface area contributed by atoms with Crippen molar-refractivity contribution in [2.24, 2.45) is 5.92 Å². The number of amides is 4. The number of nitrogens with one attached hydrogen (secondary N) is 3. The SMILES string of the molecule is CSCC(=O)N1CCCNC(=O)[C@@H](C(C)C)NC(=O)[C@@H](C)NC(=O)CCC1. The second-order valence-electron chi connectivity index (χ2n) is 7.08. The molecular formula is C18H32N4O4S. The molecule has 27 heavy (non-hydrogen) atoms. The summed E-state index contributed by atoms with van der Waals surface area (Å²) in [7, 11) is 0. The van der Waals surface area contributed by atoms with Gasteiger partial charge in [0.1, 0.15) is 12.1 Å². The molecule has 154 valence electrons. The Labute approximate surface area is 165 Å². The van der Waals surface area contributed by atoms with Gasteiger partial charge in [-0.05, 0) is 31.9 Å². The van der Waals surface area contributed by atoms with Gasteiger partial charge >= 0.3 is 0 Å². The quantitative estimate of drug-likeness (QED) is 0.624.